The number of aromatic hydroxyl groups is 1. The van der Waals surface area contributed by atoms with Crippen molar-refractivity contribution in [2.24, 2.45) is 0 Å². The van der Waals surface area contributed by atoms with Crippen LogP contribution in [0, 0.1) is 22.9 Å². The molecule has 7 heteroatoms. The number of phenolic OH excluding ortho intramolecular Hbond substituents is 1. The van der Waals surface area contributed by atoms with Crippen LogP contribution in [0.4, 0.5) is 15.8 Å². The molecule has 0 aromatic heterocycles. The van der Waals surface area contributed by atoms with Crippen LogP contribution < -0.4 is 4.90 Å². The predicted octanol–water partition coefficient (Wildman–Crippen LogP) is 4.54. The lowest BCUT2D eigenvalue weighted by Crippen LogP contribution is -2.20. The van der Waals surface area contributed by atoms with Crippen LogP contribution in [0.2, 0.25) is 0 Å². The monoisotopic (exact) mass is 406 g/mol. The van der Waals surface area contributed by atoms with E-state index in [1.807, 2.05) is 6.92 Å². The van der Waals surface area contributed by atoms with Gasteiger partial charge in [0, 0.05) is 24.7 Å². The number of rotatable bonds is 5. The summed E-state index contributed by atoms with van der Waals surface area (Å²) >= 11 is 0. The number of phenols is 1. The van der Waals surface area contributed by atoms with Gasteiger partial charge in [-0.05, 0) is 60.9 Å². The molecule has 0 aliphatic carbocycles. The first kappa shape index (κ1) is 19.6. The quantitative estimate of drug-likeness (QED) is 0.382. The summed E-state index contributed by atoms with van der Waals surface area (Å²) in [5.74, 6) is -0.994. The molecule has 6 nitrogen and oxygen atoms in total. The second-order valence-corrected chi connectivity index (χ2v) is 7.34. The van der Waals surface area contributed by atoms with Gasteiger partial charge < -0.3 is 10.0 Å². The summed E-state index contributed by atoms with van der Waals surface area (Å²) < 4.78 is 13.1. The maximum Gasteiger partial charge on any atom is 0.274 e. The summed E-state index contributed by atoms with van der Waals surface area (Å²) in [6.07, 6.45) is 0.576. The van der Waals surface area contributed by atoms with Gasteiger partial charge in [-0.25, -0.2) is 4.39 Å². The lowest BCUT2D eigenvalue weighted by Gasteiger charge is -2.21. The lowest BCUT2D eigenvalue weighted by molar-refractivity contribution is -0.385. The largest absolute Gasteiger partial charge is 0.507 e. The molecule has 0 atom stereocenters. The number of nitro benzene ring substituents is 1. The van der Waals surface area contributed by atoms with Gasteiger partial charge in [0.1, 0.15) is 11.6 Å². The van der Waals surface area contributed by atoms with Gasteiger partial charge in [-0.1, -0.05) is 12.1 Å². The van der Waals surface area contributed by atoms with E-state index < -0.39 is 11.6 Å². The number of nitrogens with zero attached hydrogens (tertiary/aromatic N) is 2. The summed E-state index contributed by atoms with van der Waals surface area (Å²) in [5.41, 5.74) is 3.85. The van der Waals surface area contributed by atoms with E-state index in [0.717, 1.165) is 22.4 Å². The number of aryl methyl sites for hydroxylation is 1. The molecule has 0 spiro atoms. The molecule has 0 amide bonds. The smallest absolute Gasteiger partial charge is 0.274 e. The summed E-state index contributed by atoms with van der Waals surface area (Å²) in [6.45, 7) is 2.99. The highest BCUT2D eigenvalue weighted by Crippen LogP contribution is 2.38. The molecule has 30 heavy (non-hydrogen) atoms. The third kappa shape index (κ3) is 3.50. The van der Waals surface area contributed by atoms with Crippen molar-refractivity contribution in [1.82, 2.24) is 0 Å². The molecule has 0 saturated heterocycles. The van der Waals surface area contributed by atoms with Gasteiger partial charge in [0.2, 0.25) is 0 Å². The van der Waals surface area contributed by atoms with Crippen LogP contribution in [-0.4, -0.2) is 22.4 Å². The zero-order valence-electron chi connectivity index (χ0n) is 16.3. The number of fused-ring (bicyclic) bond motifs is 1. The summed E-state index contributed by atoms with van der Waals surface area (Å²) in [5, 5.41) is 21.5. The Hall–Kier alpha value is -3.74. The number of benzene rings is 3. The maximum atomic E-state index is 13.1. The first-order valence-electron chi connectivity index (χ1n) is 9.49. The van der Waals surface area contributed by atoms with E-state index in [0.29, 0.717) is 19.5 Å². The van der Waals surface area contributed by atoms with Crippen LogP contribution in [0.3, 0.4) is 0 Å². The van der Waals surface area contributed by atoms with E-state index in [4.69, 9.17) is 0 Å². The number of nitro groups is 1. The van der Waals surface area contributed by atoms with Crippen LogP contribution >= 0.6 is 0 Å². The third-order valence-electron chi connectivity index (χ3n) is 5.39. The van der Waals surface area contributed by atoms with Crippen LogP contribution in [0.5, 0.6) is 5.75 Å². The van der Waals surface area contributed by atoms with E-state index in [2.05, 4.69) is 4.90 Å². The minimum atomic E-state index is -0.443. The third-order valence-corrected chi connectivity index (χ3v) is 5.39. The van der Waals surface area contributed by atoms with Crippen molar-refractivity contribution in [2.75, 3.05) is 11.4 Å². The molecule has 1 aliphatic rings. The van der Waals surface area contributed by atoms with Crippen molar-refractivity contribution in [3.05, 3.63) is 98.3 Å². The Balaban J connectivity index is 1.65. The molecule has 152 valence electrons. The Morgan fingerprint density at radius 3 is 2.60 bits per heavy atom. The topological polar surface area (TPSA) is 83.7 Å². The van der Waals surface area contributed by atoms with Crippen LogP contribution in [0.25, 0.3) is 0 Å². The zero-order chi connectivity index (χ0) is 21.4. The molecule has 1 N–H and O–H groups in total. The number of hydrogen-bond donors (Lipinski definition) is 1. The molecule has 4 rings (SSSR count). The molecule has 0 unspecified atom stereocenters. The summed E-state index contributed by atoms with van der Waals surface area (Å²) in [7, 11) is 0. The van der Waals surface area contributed by atoms with Gasteiger partial charge in [-0.2, -0.15) is 0 Å². The number of carbonyl (C=O) groups is 1. The predicted molar refractivity (Wildman–Crippen MR) is 111 cm³/mol. The van der Waals surface area contributed by atoms with Gasteiger partial charge in [0.25, 0.3) is 5.69 Å². The van der Waals surface area contributed by atoms with E-state index in [1.54, 1.807) is 18.2 Å². The van der Waals surface area contributed by atoms with Crippen LogP contribution in [0.1, 0.15) is 32.6 Å². The molecular weight excluding hydrogens is 387 g/mol. The van der Waals surface area contributed by atoms with Crippen molar-refractivity contribution in [2.45, 2.75) is 19.9 Å². The van der Waals surface area contributed by atoms with Crippen molar-refractivity contribution < 1.29 is 19.2 Å². The second-order valence-electron chi connectivity index (χ2n) is 7.34. The van der Waals surface area contributed by atoms with Gasteiger partial charge in [-0.3, -0.25) is 14.9 Å². The first-order chi connectivity index (χ1) is 14.3. The van der Waals surface area contributed by atoms with Crippen molar-refractivity contribution in [3.8, 4) is 5.75 Å². The fourth-order valence-corrected chi connectivity index (χ4v) is 3.96. The first-order valence-corrected chi connectivity index (χ1v) is 9.49. The van der Waals surface area contributed by atoms with Crippen LogP contribution in [0.15, 0.2) is 54.6 Å². The molecule has 1 aliphatic heterocycles. The van der Waals surface area contributed by atoms with E-state index in [1.165, 1.54) is 36.4 Å². The van der Waals surface area contributed by atoms with Crippen molar-refractivity contribution in [3.63, 3.8) is 0 Å². The van der Waals surface area contributed by atoms with Gasteiger partial charge in [0.05, 0.1) is 21.7 Å². The Labute approximate surface area is 172 Å². The molecule has 3 aromatic rings. The number of ketones is 1. The fraction of sp³-hybridized carbons (Fsp3) is 0.174. The molecule has 0 bridgehead atoms. The lowest BCUT2D eigenvalue weighted by atomic mass is 10.00. The Kier molecular flexibility index (Phi) is 4.95. The Morgan fingerprint density at radius 2 is 1.90 bits per heavy atom. The molecule has 1 heterocycles. The average Bonchev–Trinajstić information content (AvgIpc) is 3.14. The minimum absolute atomic E-state index is 0.121. The van der Waals surface area contributed by atoms with Gasteiger partial charge in [-0.15, -0.1) is 0 Å². The standard InChI is InChI=1S/C23H19FN2O4/c1-14-2-8-20(26(29)30)18-10-11-25(22(14)18)13-15-3-9-21(27)19(12-15)23(28)16-4-6-17(24)7-5-16/h2-9,12,27H,10-11,13H2,1H3. The minimum Gasteiger partial charge on any atom is -0.507 e. The molecule has 0 saturated carbocycles. The normalized spacial score (nSPS) is 12.7. The van der Waals surface area contributed by atoms with Crippen molar-refractivity contribution in [1.29, 1.82) is 0 Å². The van der Waals surface area contributed by atoms with E-state index in [9.17, 15) is 24.4 Å². The Morgan fingerprint density at radius 1 is 1.17 bits per heavy atom. The van der Waals surface area contributed by atoms with Gasteiger partial charge >= 0.3 is 0 Å². The average molecular weight is 406 g/mol. The highest BCUT2D eigenvalue weighted by molar-refractivity contribution is 6.10. The molecular formula is C23H19FN2O4. The maximum absolute atomic E-state index is 13.1. The number of hydrogen-bond acceptors (Lipinski definition) is 5. The van der Waals surface area contributed by atoms with Crippen molar-refractivity contribution >= 4 is 17.2 Å². The highest BCUT2D eigenvalue weighted by Gasteiger charge is 2.29. The molecule has 3 aromatic carbocycles. The molecule has 0 radical (unpaired) electrons. The second kappa shape index (κ2) is 7.59. The fourth-order valence-electron chi connectivity index (χ4n) is 3.96. The summed E-state index contributed by atoms with van der Waals surface area (Å²) in [4.78, 5) is 25.8. The number of anilines is 1. The van der Waals surface area contributed by atoms with Crippen LogP contribution in [-0.2, 0) is 13.0 Å². The SMILES string of the molecule is Cc1ccc([N+](=O)[O-])c2c1N(Cc1ccc(O)c(C(=O)c3ccc(F)cc3)c1)CC2. The highest BCUT2D eigenvalue weighted by atomic mass is 19.1. The summed E-state index contributed by atoms with van der Waals surface area (Å²) in [6, 6.07) is 13.2. The zero-order valence-corrected chi connectivity index (χ0v) is 16.3. The van der Waals surface area contributed by atoms with E-state index in [-0.39, 0.29) is 27.5 Å². The number of carbonyl (C=O) groups excluding carboxylic acids is 1. The number of halogens is 1. The molecule has 0 fully saturated rings. The van der Waals surface area contributed by atoms with E-state index >= 15 is 0 Å². The Bertz CT molecular complexity index is 1160. The van der Waals surface area contributed by atoms with Gasteiger partial charge in [0.15, 0.2) is 5.78 Å².